The van der Waals surface area contributed by atoms with E-state index in [1.807, 2.05) is 43.3 Å². The van der Waals surface area contributed by atoms with E-state index in [1.165, 1.54) is 0 Å². The van der Waals surface area contributed by atoms with Crippen LogP contribution in [-0.2, 0) is 0 Å². The van der Waals surface area contributed by atoms with Crippen LogP contribution in [0.5, 0.6) is 11.6 Å². The van der Waals surface area contributed by atoms with Crippen molar-refractivity contribution in [2.45, 2.75) is 25.9 Å². The summed E-state index contributed by atoms with van der Waals surface area (Å²) < 4.78 is 6.11. The van der Waals surface area contributed by atoms with Gasteiger partial charge in [0.25, 0.3) is 0 Å². The molecule has 5 nitrogen and oxygen atoms in total. The zero-order valence-corrected chi connectivity index (χ0v) is 14.2. The Hall–Kier alpha value is -2.66. The summed E-state index contributed by atoms with van der Waals surface area (Å²) in [6.45, 7) is 3.82. The van der Waals surface area contributed by atoms with Crippen LogP contribution in [0.2, 0.25) is 0 Å². The van der Waals surface area contributed by atoms with E-state index < -0.39 is 0 Å². The van der Waals surface area contributed by atoms with E-state index in [0.29, 0.717) is 17.1 Å². The third-order valence-electron chi connectivity index (χ3n) is 4.59. The average Bonchev–Trinajstić information content (AvgIpc) is 2.64. The van der Waals surface area contributed by atoms with Gasteiger partial charge in [0, 0.05) is 22.9 Å². The largest absolute Gasteiger partial charge is 0.507 e. The molecule has 1 aliphatic rings. The van der Waals surface area contributed by atoms with E-state index in [2.05, 4.69) is 15.5 Å². The maximum atomic E-state index is 10.3. The maximum Gasteiger partial charge on any atom is 0.241 e. The van der Waals surface area contributed by atoms with Gasteiger partial charge in [-0.1, -0.05) is 24.3 Å². The van der Waals surface area contributed by atoms with Crippen LogP contribution in [0.15, 0.2) is 42.5 Å². The van der Waals surface area contributed by atoms with E-state index in [-0.39, 0.29) is 11.9 Å². The van der Waals surface area contributed by atoms with Gasteiger partial charge in [0.15, 0.2) is 0 Å². The second-order valence-electron chi connectivity index (χ2n) is 6.51. The van der Waals surface area contributed by atoms with Gasteiger partial charge in [-0.25, -0.2) is 0 Å². The van der Waals surface area contributed by atoms with Gasteiger partial charge >= 0.3 is 0 Å². The van der Waals surface area contributed by atoms with Crippen molar-refractivity contribution >= 4 is 10.8 Å². The third kappa shape index (κ3) is 3.15. The van der Waals surface area contributed by atoms with Crippen LogP contribution >= 0.6 is 0 Å². The molecule has 0 radical (unpaired) electrons. The van der Waals surface area contributed by atoms with E-state index in [0.717, 1.165) is 42.3 Å². The summed E-state index contributed by atoms with van der Waals surface area (Å²) >= 11 is 0. The summed E-state index contributed by atoms with van der Waals surface area (Å²) in [7, 11) is 0. The van der Waals surface area contributed by atoms with E-state index in [9.17, 15) is 5.11 Å². The summed E-state index contributed by atoms with van der Waals surface area (Å²) in [6.07, 6.45) is 2.24. The van der Waals surface area contributed by atoms with Gasteiger partial charge in [0.1, 0.15) is 17.5 Å². The molecule has 1 aromatic heterocycles. The average molecular weight is 335 g/mol. The molecule has 1 atom stereocenters. The number of rotatable bonds is 3. The third-order valence-corrected chi connectivity index (χ3v) is 4.59. The summed E-state index contributed by atoms with van der Waals surface area (Å²) in [5, 5.41) is 24.2. The lowest BCUT2D eigenvalue weighted by Gasteiger charge is -2.23. The first-order valence-corrected chi connectivity index (χ1v) is 8.65. The Kier molecular flexibility index (Phi) is 4.24. The molecule has 4 rings (SSSR count). The number of benzene rings is 2. The molecule has 25 heavy (non-hydrogen) atoms. The van der Waals surface area contributed by atoms with Crippen molar-refractivity contribution in [3.8, 4) is 22.9 Å². The Bertz CT molecular complexity index is 905. The number of nitrogens with zero attached hydrogens (tertiary/aromatic N) is 2. The normalized spacial score (nSPS) is 17.6. The molecule has 128 valence electrons. The molecular formula is C20H21N3O2. The van der Waals surface area contributed by atoms with Gasteiger partial charge in [0.2, 0.25) is 5.88 Å². The first-order valence-electron chi connectivity index (χ1n) is 8.65. The number of ether oxygens (including phenoxy) is 1. The van der Waals surface area contributed by atoms with Crippen molar-refractivity contribution in [3.63, 3.8) is 0 Å². The Balaban J connectivity index is 1.78. The molecule has 3 aromatic rings. The summed E-state index contributed by atoms with van der Waals surface area (Å²) in [4.78, 5) is 0. The highest BCUT2D eigenvalue weighted by Gasteiger charge is 2.19. The number of phenolic OH excluding ortho intramolecular Hbond substituents is 1. The van der Waals surface area contributed by atoms with Gasteiger partial charge in [-0.15, -0.1) is 10.2 Å². The first kappa shape index (κ1) is 15.8. The fourth-order valence-electron chi connectivity index (χ4n) is 3.29. The van der Waals surface area contributed by atoms with Gasteiger partial charge in [-0.3, -0.25) is 0 Å². The molecule has 1 saturated heterocycles. The molecule has 1 fully saturated rings. The van der Waals surface area contributed by atoms with Gasteiger partial charge in [-0.2, -0.15) is 0 Å². The lowest BCUT2D eigenvalue weighted by Crippen LogP contribution is -2.37. The van der Waals surface area contributed by atoms with Crippen molar-refractivity contribution in [1.82, 2.24) is 15.5 Å². The fraction of sp³-hybridized carbons (Fsp3) is 0.300. The van der Waals surface area contributed by atoms with Crippen LogP contribution in [0.3, 0.4) is 0 Å². The topological polar surface area (TPSA) is 67.3 Å². The van der Waals surface area contributed by atoms with Crippen molar-refractivity contribution in [3.05, 3.63) is 48.0 Å². The second kappa shape index (κ2) is 6.69. The Morgan fingerprint density at radius 1 is 1.12 bits per heavy atom. The molecule has 2 aromatic carbocycles. The van der Waals surface area contributed by atoms with E-state index in [4.69, 9.17) is 4.74 Å². The van der Waals surface area contributed by atoms with Crippen molar-refractivity contribution in [2.75, 3.05) is 13.1 Å². The zero-order chi connectivity index (χ0) is 17.2. The molecule has 0 amide bonds. The Morgan fingerprint density at radius 3 is 2.72 bits per heavy atom. The number of aromatic nitrogens is 2. The fourth-order valence-corrected chi connectivity index (χ4v) is 3.29. The van der Waals surface area contributed by atoms with Gasteiger partial charge in [0.05, 0.1) is 0 Å². The highest BCUT2D eigenvalue weighted by atomic mass is 16.5. The van der Waals surface area contributed by atoms with Crippen LogP contribution < -0.4 is 10.1 Å². The smallest absolute Gasteiger partial charge is 0.241 e. The number of aryl methyl sites for hydroxylation is 1. The van der Waals surface area contributed by atoms with E-state index in [1.54, 1.807) is 6.07 Å². The monoisotopic (exact) mass is 335 g/mol. The van der Waals surface area contributed by atoms with Crippen LogP contribution in [0.4, 0.5) is 0 Å². The Morgan fingerprint density at radius 2 is 1.96 bits per heavy atom. The van der Waals surface area contributed by atoms with Crippen LogP contribution in [-0.4, -0.2) is 34.5 Å². The number of fused-ring (bicyclic) bond motifs is 1. The molecule has 1 aliphatic heterocycles. The number of hydrogen-bond donors (Lipinski definition) is 2. The standard InChI is InChI=1S/C20H21N3O2/c1-13-8-9-17(18(24)11-13)19-15-6-2-3-7-16(15)20(23-22-19)25-14-5-4-10-21-12-14/h2-3,6-9,11,14,21,24H,4-5,10,12H2,1H3/t14-/m1/s1. The SMILES string of the molecule is Cc1ccc(-c2nnc(O[C@@H]3CCCNC3)c3ccccc23)c(O)c1. The lowest BCUT2D eigenvalue weighted by atomic mass is 10.0. The molecular weight excluding hydrogens is 314 g/mol. The summed E-state index contributed by atoms with van der Waals surface area (Å²) in [6, 6.07) is 13.5. The van der Waals surface area contributed by atoms with Crippen molar-refractivity contribution in [2.24, 2.45) is 0 Å². The predicted octanol–water partition coefficient (Wildman–Crippen LogP) is 3.44. The molecule has 0 spiro atoms. The van der Waals surface area contributed by atoms with Crippen molar-refractivity contribution in [1.29, 1.82) is 0 Å². The number of nitrogens with one attached hydrogen (secondary N) is 1. The zero-order valence-electron chi connectivity index (χ0n) is 14.2. The highest BCUT2D eigenvalue weighted by Crippen LogP contribution is 2.35. The first-order chi connectivity index (χ1) is 12.2. The summed E-state index contributed by atoms with van der Waals surface area (Å²) in [5.41, 5.74) is 2.35. The number of piperidine rings is 1. The second-order valence-corrected chi connectivity index (χ2v) is 6.51. The molecule has 0 saturated carbocycles. The number of phenols is 1. The lowest BCUT2D eigenvalue weighted by molar-refractivity contribution is 0.161. The Labute approximate surface area is 146 Å². The van der Waals surface area contributed by atoms with Gasteiger partial charge in [-0.05, 0) is 50.1 Å². The molecule has 2 heterocycles. The molecule has 0 bridgehead atoms. The van der Waals surface area contributed by atoms with Crippen LogP contribution in [0.1, 0.15) is 18.4 Å². The maximum absolute atomic E-state index is 10.3. The van der Waals surface area contributed by atoms with Crippen LogP contribution in [0, 0.1) is 6.92 Å². The van der Waals surface area contributed by atoms with Crippen molar-refractivity contribution < 1.29 is 9.84 Å². The minimum absolute atomic E-state index is 0.116. The summed E-state index contributed by atoms with van der Waals surface area (Å²) in [5.74, 6) is 0.768. The molecule has 0 aliphatic carbocycles. The highest BCUT2D eigenvalue weighted by molar-refractivity contribution is 5.98. The van der Waals surface area contributed by atoms with E-state index >= 15 is 0 Å². The minimum Gasteiger partial charge on any atom is -0.507 e. The minimum atomic E-state index is 0.116. The quantitative estimate of drug-likeness (QED) is 0.767. The van der Waals surface area contributed by atoms with Crippen LogP contribution in [0.25, 0.3) is 22.0 Å². The molecule has 0 unspecified atom stereocenters. The molecule has 5 heteroatoms. The number of hydrogen-bond acceptors (Lipinski definition) is 5. The predicted molar refractivity (Wildman–Crippen MR) is 97.9 cm³/mol. The molecule has 2 N–H and O–H groups in total. The van der Waals surface area contributed by atoms with Gasteiger partial charge < -0.3 is 15.2 Å². The number of aromatic hydroxyl groups is 1.